The van der Waals surface area contributed by atoms with E-state index in [-0.39, 0.29) is 10.8 Å². The fourth-order valence-electron chi connectivity index (χ4n) is 2.96. The third-order valence-electron chi connectivity index (χ3n) is 4.20. The van der Waals surface area contributed by atoms with Crippen LogP contribution >= 0.6 is 11.6 Å². The number of rotatable bonds is 4. The molecule has 0 spiro atoms. The van der Waals surface area contributed by atoms with E-state index in [0.717, 1.165) is 24.1 Å². The first-order valence-corrected chi connectivity index (χ1v) is 9.92. The molecule has 1 amide bonds. The minimum absolute atomic E-state index is 0.0793. The molecule has 1 N–H and O–H groups in total. The van der Waals surface area contributed by atoms with Gasteiger partial charge in [0.1, 0.15) is 0 Å². The van der Waals surface area contributed by atoms with E-state index in [0.29, 0.717) is 11.6 Å². The average Bonchev–Trinajstić information content (AvgIpc) is 2.60. The molecule has 2 aromatic carbocycles. The minimum atomic E-state index is -3.79. The van der Waals surface area contributed by atoms with Crippen LogP contribution in [-0.4, -0.2) is 26.9 Å². The molecule has 0 aromatic heterocycles. The van der Waals surface area contributed by atoms with Crippen LogP contribution in [0.3, 0.4) is 0 Å². The molecule has 7 heteroatoms. The summed E-state index contributed by atoms with van der Waals surface area (Å²) < 4.78 is 27.4. The zero-order valence-corrected chi connectivity index (χ0v) is 15.3. The van der Waals surface area contributed by atoms with Crippen molar-refractivity contribution in [1.29, 1.82) is 0 Å². The van der Waals surface area contributed by atoms with Gasteiger partial charge in [-0.2, -0.15) is 4.72 Å². The van der Waals surface area contributed by atoms with Crippen molar-refractivity contribution in [1.82, 2.24) is 4.72 Å². The molecule has 132 valence electrons. The number of fused-ring (bicyclic) bond motifs is 1. The summed E-state index contributed by atoms with van der Waals surface area (Å²) in [6.45, 7) is 2.15. The summed E-state index contributed by atoms with van der Waals surface area (Å²) in [7, 11) is -3.79. The number of para-hydroxylation sites is 1. The van der Waals surface area contributed by atoms with Gasteiger partial charge in [-0.15, -0.1) is 0 Å². The van der Waals surface area contributed by atoms with E-state index in [1.165, 1.54) is 24.3 Å². The minimum Gasteiger partial charge on any atom is -0.311 e. The van der Waals surface area contributed by atoms with Gasteiger partial charge in [0.15, 0.2) is 0 Å². The van der Waals surface area contributed by atoms with Crippen molar-refractivity contribution < 1.29 is 13.2 Å². The first-order chi connectivity index (χ1) is 11.9. The maximum Gasteiger partial charge on any atom is 0.244 e. The predicted molar refractivity (Wildman–Crippen MR) is 98.4 cm³/mol. The van der Waals surface area contributed by atoms with Gasteiger partial charge in [0.25, 0.3) is 0 Å². The summed E-state index contributed by atoms with van der Waals surface area (Å²) in [5.41, 5.74) is 1.96. The second kappa shape index (κ2) is 7.15. The number of amides is 1. The van der Waals surface area contributed by atoms with Gasteiger partial charge in [-0.1, -0.05) is 29.8 Å². The van der Waals surface area contributed by atoms with E-state index in [4.69, 9.17) is 11.6 Å². The lowest BCUT2D eigenvalue weighted by Crippen LogP contribution is -2.48. The lowest BCUT2D eigenvalue weighted by molar-refractivity contribution is -0.119. The van der Waals surface area contributed by atoms with Crippen LogP contribution in [0, 0.1) is 0 Å². The van der Waals surface area contributed by atoms with Gasteiger partial charge in [-0.25, -0.2) is 8.42 Å². The van der Waals surface area contributed by atoms with Crippen molar-refractivity contribution >= 4 is 33.2 Å². The molecule has 0 unspecified atom stereocenters. The van der Waals surface area contributed by atoms with Crippen LogP contribution in [0.4, 0.5) is 5.69 Å². The zero-order valence-electron chi connectivity index (χ0n) is 13.8. The molecular formula is C18H19ClN2O3S. The van der Waals surface area contributed by atoms with Gasteiger partial charge in [0.05, 0.1) is 10.9 Å². The maximum absolute atomic E-state index is 12.8. The highest BCUT2D eigenvalue weighted by Gasteiger charge is 2.29. The van der Waals surface area contributed by atoms with Gasteiger partial charge in [0.2, 0.25) is 15.9 Å². The van der Waals surface area contributed by atoms with Gasteiger partial charge in [-0.05, 0) is 55.7 Å². The number of carbonyl (C=O) groups excluding carboxylic acids is 1. The van der Waals surface area contributed by atoms with Crippen LogP contribution in [0.5, 0.6) is 0 Å². The number of hydrogen-bond acceptors (Lipinski definition) is 3. The maximum atomic E-state index is 12.8. The quantitative estimate of drug-likeness (QED) is 0.889. The number of halogens is 1. The highest BCUT2D eigenvalue weighted by molar-refractivity contribution is 7.89. The number of sulfonamides is 1. The average molecular weight is 379 g/mol. The van der Waals surface area contributed by atoms with Gasteiger partial charge >= 0.3 is 0 Å². The molecule has 3 rings (SSSR count). The zero-order chi connectivity index (χ0) is 18.0. The SMILES string of the molecule is C[C@H](NS(=O)(=O)c1ccc(Cl)cc1)C(=O)N1CCCc2ccccc21. The summed E-state index contributed by atoms with van der Waals surface area (Å²) in [5.74, 6) is -0.260. The smallest absolute Gasteiger partial charge is 0.244 e. The Morgan fingerprint density at radius 3 is 2.56 bits per heavy atom. The Morgan fingerprint density at radius 1 is 1.16 bits per heavy atom. The first kappa shape index (κ1) is 17.9. The normalized spacial score (nSPS) is 15.5. The van der Waals surface area contributed by atoms with Crippen molar-refractivity contribution in [3.63, 3.8) is 0 Å². The first-order valence-electron chi connectivity index (χ1n) is 8.06. The van der Waals surface area contributed by atoms with Crippen molar-refractivity contribution in [3.05, 3.63) is 59.1 Å². The number of benzene rings is 2. The molecule has 25 heavy (non-hydrogen) atoms. The lowest BCUT2D eigenvalue weighted by atomic mass is 10.0. The third kappa shape index (κ3) is 3.86. The number of carbonyl (C=O) groups is 1. The molecule has 0 saturated heterocycles. The van der Waals surface area contributed by atoms with Gasteiger partial charge in [0, 0.05) is 17.3 Å². The monoisotopic (exact) mass is 378 g/mol. The number of nitrogens with zero attached hydrogens (tertiary/aromatic N) is 1. The van der Waals surface area contributed by atoms with Crippen molar-refractivity contribution in [2.24, 2.45) is 0 Å². The Kier molecular flexibility index (Phi) is 5.13. The second-order valence-corrected chi connectivity index (χ2v) is 8.17. The molecule has 0 fully saturated rings. The van der Waals surface area contributed by atoms with Gasteiger partial charge in [-0.3, -0.25) is 4.79 Å². The van der Waals surface area contributed by atoms with E-state index in [9.17, 15) is 13.2 Å². The molecule has 1 aliphatic heterocycles. The van der Waals surface area contributed by atoms with Crippen LogP contribution in [-0.2, 0) is 21.2 Å². The van der Waals surface area contributed by atoms with E-state index >= 15 is 0 Å². The molecular weight excluding hydrogens is 360 g/mol. The Labute approximate surface area is 152 Å². The fourth-order valence-corrected chi connectivity index (χ4v) is 4.28. The van der Waals surface area contributed by atoms with Crippen molar-refractivity contribution in [2.75, 3.05) is 11.4 Å². The molecule has 1 aliphatic rings. The summed E-state index contributed by atoms with van der Waals surface area (Å²) in [6, 6.07) is 12.7. The Bertz CT molecular complexity index is 881. The van der Waals surface area contributed by atoms with Crippen LogP contribution in [0.2, 0.25) is 5.02 Å². The summed E-state index contributed by atoms with van der Waals surface area (Å²) in [4.78, 5) is 14.5. The van der Waals surface area contributed by atoms with Gasteiger partial charge < -0.3 is 4.90 Å². The largest absolute Gasteiger partial charge is 0.311 e. The highest BCUT2D eigenvalue weighted by Crippen LogP contribution is 2.27. The van der Waals surface area contributed by atoms with Crippen LogP contribution in [0.15, 0.2) is 53.4 Å². The fraction of sp³-hybridized carbons (Fsp3) is 0.278. The molecule has 0 bridgehead atoms. The van der Waals surface area contributed by atoms with Crippen LogP contribution in [0.1, 0.15) is 18.9 Å². The Balaban J connectivity index is 1.78. The standard InChI is InChI=1S/C18H19ClN2O3S/c1-13(20-25(23,24)16-10-8-15(19)9-11-16)18(22)21-12-4-6-14-5-2-3-7-17(14)21/h2-3,5,7-11,13,20H,4,6,12H2,1H3/t13-/m0/s1. The highest BCUT2D eigenvalue weighted by atomic mass is 35.5. The molecule has 5 nitrogen and oxygen atoms in total. The van der Waals surface area contributed by atoms with E-state index < -0.39 is 16.1 Å². The van der Waals surface area contributed by atoms with E-state index in [2.05, 4.69) is 4.72 Å². The predicted octanol–water partition coefficient (Wildman–Crippen LogP) is 2.99. The van der Waals surface area contributed by atoms with Crippen LogP contribution < -0.4 is 9.62 Å². The number of aryl methyl sites for hydroxylation is 1. The lowest BCUT2D eigenvalue weighted by Gasteiger charge is -2.31. The summed E-state index contributed by atoms with van der Waals surface area (Å²) in [5, 5.41) is 0.452. The second-order valence-electron chi connectivity index (χ2n) is 6.02. The number of anilines is 1. The molecule has 0 aliphatic carbocycles. The van der Waals surface area contributed by atoms with E-state index in [1.54, 1.807) is 11.8 Å². The van der Waals surface area contributed by atoms with Crippen molar-refractivity contribution in [3.8, 4) is 0 Å². The topological polar surface area (TPSA) is 66.5 Å². The molecule has 2 aromatic rings. The summed E-state index contributed by atoms with van der Waals surface area (Å²) in [6.07, 6.45) is 1.78. The Morgan fingerprint density at radius 2 is 1.84 bits per heavy atom. The molecule has 0 saturated carbocycles. The molecule has 1 atom stereocenters. The summed E-state index contributed by atoms with van der Waals surface area (Å²) >= 11 is 5.79. The van der Waals surface area contributed by atoms with E-state index in [1.807, 2.05) is 24.3 Å². The Hall–Kier alpha value is -1.89. The number of nitrogens with one attached hydrogen (secondary N) is 1. The third-order valence-corrected chi connectivity index (χ3v) is 6.01. The van der Waals surface area contributed by atoms with Crippen molar-refractivity contribution in [2.45, 2.75) is 30.7 Å². The number of hydrogen-bond donors (Lipinski definition) is 1. The molecule has 0 radical (unpaired) electrons. The molecule has 1 heterocycles. The van der Waals surface area contributed by atoms with Crippen LogP contribution in [0.25, 0.3) is 0 Å².